The first-order chi connectivity index (χ1) is 20.7. The molecule has 1 amide bonds. The number of carbonyl (C=O) groups is 1. The number of amides is 1. The first-order valence-electron chi connectivity index (χ1n) is 13.5. The molecule has 5 N–H and O–H groups in total. The van der Waals surface area contributed by atoms with Gasteiger partial charge in [-0.25, -0.2) is 4.98 Å². The number of aromatic nitrogens is 7. The first kappa shape index (κ1) is 33.4. The summed E-state index contributed by atoms with van der Waals surface area (Å²) in [5.74, 6) is 3.82. The van der Waals surface area contributed by atoms with E-state index in [0.717, 1.165) is 51.5 Å². The molecule has 1 aliphatic carbocycles. The van der Waals surface area contributed by atoms with Crippen molar-refractivity contribution in [3.05, 3.63) is 30.4 Å². The lowest BCUT2D eigenvalue weighted by Crippen LogP contribution is -2.26. The number of aliphatic hydroxyl groups excluding tert-OH is 1. The van der Waals surface area contributed by atoms with E-state index in [-0.39, 0.29) is 0 Å². The number of aliphatic hydroxyl groups is 1. The van der Waals surface area contributed by atoms with Gasteiger partial charge in [-0.2, -0.15) is 20.1 Å². The molecule has 3 aromatic heterocycles. The SMILES string of the molecule is C#C.C#C.CN1CCC(Nc2nc(Nc3cc(C4CC4)[nH]n3)nc(N3CCCC3)n2)C1.CO.O=CNc1cnccn1. The molecule has 2 aliphatic heterocycles. The molecule has 14 heteroatoms. The molecule has 3 aromatic rings. The topological polar surface area (TPSA) is 173 Å². The van der Waals surface area contributed by atoms with Gasteiger partial charge in [0.1, 0.15) is 0 Å². The average molecular weight is 577 g/mol. The van der Waals surface area contributed by atoms with Crippen LogP contribution in [0.25, 0.3) is 0 Å². The fourth-order valence-electron chi connectivity index (χ4n) is 4.33. The van der Waals surface area contributed by atoms with Gasteiger partial charge in [0.05, 0.1) is 6.20 Å². The Morgan fingerprint density at radius 1 is 0.976 bits per heavy atom. The number of rotatable bonds is 8. The molecule has 0 radical (unpaired) electrons. The third-order valence-corrected chi connectivity index (χ3v) is 6.36. The maximum atomic E-state index is 9.80. The Morgan fingerprint density at radius 3 is 2.29 bits per heavy atom. The van der Waals surface area contributed by atoms with Crippen molar-refractivity contribution in [2.24, 2.45) is 0 Å². The molecule has 0 aromatic carbocycles. The summed E-state index contributed by atoms with van der Waals surface area (Å²) in [6.07, 6.45) is 27.0. The molecule has 5 heterocycles. The Morgan fingerprint density at radius 2 is 1.69 bits per heavy atom. The molecule has 1 unspecified atom stereocenters. The molecule has 14 nitrogen and oxygen atoms in total. The maximum absolute atomic E-state index is 9.80. The van der Waals surface area contributed by atoms with Gasteiger partial charge in [-0.15, -0.1) is 25.7 Å². The van der Waals surface area contributed by atoms with E-state index >= 15 is 0 Å². The van der Waals surface area contributed by atoms with E-state index in [2.05, 4.69) is 94.7 Å². The summed E-state index contributed by atoms with van der Waals surface area (Å²) in [5.41, 5.74) is 1.19. The van der Waals surface area contributed by atoms with Gasteiger partial charge in [-0.3, -0.25) is 14.9 Å². The lowest BCUT2D eigenvalue weighted by molar-refractivity contribution is -0.105. The predicted octanol–water partition coefficient (Wildman–Crippen LogP) is 2.08. The minimum atomic E-state index is 0.378. The fraction of sp³-hybridized carbons (Fsp3) is 0.464. The predicted molar refractivity (Wildman–Crippen MR) is 164 cm³/mol. The van der Waals surface area contributed by atoms with Crippen LogP contribution >= 0.6 is 0 Å². The average Bonchev–Trinajstić information content (AvgIpc) is 3.36. The zero-order valence-corrected chi connectivity index (χ0v) is 24.1. The number of likely N-dealkylation sites (tertiary alicyclic amines) is 1. The number of terminal acetylenes is 2. The monoisotopic (exact) mass is 576 g/mol. The van der Waals surface area contributed by atoms with E-state index < -0.39 is 0 Å². The van der Waals surface area contributed by atoms with Crippen molar-refractivity contribution in [3.63, 3.8) is 0 Å². The van der Waals surface area contributed by atoms with Gasteiger partial charge in [0.2, 0.25) is 24.3 Å². The highest BCUT2D eigenvalue weighted by atomic mass is 16.2. The van der Waals surface area contributed by atoms with Crippen LogP contribution in [0.15, 0.2) is 24.7 Å². The van der Waals surface area contributed by atoms with E-state index in [1.165, 1.54) is 50.0 Å². The number of H-pyrrole nitrogens is 1. The number of carbonyl (C=O) groups excluding carboxylic acids is 1. The van der Waals surface area contributed by atoms with E-state index in [1.54, 1.807) is 0 Å². The number of hydrogen-bond donors (Lipinski definition) is 5. The summed E-state index contributed by atoms with van der Waals surface area (Å²) in [6, 6.07) is 2.44. The van der Waals surface area contributed by atoms with E-state index in [0.29, 0.717) is 36.1 Å². The zero-order chi connectivity index (χ0) is 30.7. The smallest absolute Gasteiger partial charge is 0.235 e. The first-order valence-corrected chi connectivity index (χ1v) is 13.5. The molecule has 2 saturated heterocycles. The number of nitrogens with zero attached hydrogens (tertiary/aromatic N) is 8. The van der Waals surface area contributed by atoms with E-state index in [1.807, 2.05) is 0 Å². The molecule has 6 rings (SSSR count). The minimum Gasteiger partial charge on any atom is -0.400 e. The lowest BCUT2D eigenvalue weighted by Gasteiger charge is -2.18. The Hall–Kier alpha value is -4.79. The third-order valence-electron chi connectivity index (χ3n) is 6.36. The molecular formula is C28H40N12O2. The van der Waals surface area contributed by atoms with Crippen molar-refractivity contribution in [1.29, 1.82) is 0 Å². The standard InChI is InChI=1S/C18H27N9.C5H5N3O.2C2H2.CH4O/c1-26-9-6-13(11-26)19-16-21-17(23-18(22-16)27-7-2-3-8-27)20-15-10-14(24-25-15)12-4-5-12;9-4-8-5-3-6-1-2-7-5;3*1-2/h10,12-13H,2-9,11H2,1H3,(H3,19,20,21,22,23,24,25);1-4H,(H,7,8,9);2*1-2H;2H,1H3. The summed E-state index contributed by atoms with van der Waals surface area (Å²) >= 11 is 0. The van der Waals surface area contributed by atoms with Crippen molar-refractivity contribution in [2.45, 2.75) is 44.1 Å². The van der Waals surface area contributed by atoms with Crippen molar-refractivity contribution in [1.82, 2.24) is 40.0 Å². The van der Waals surface area contributed by atoms with Crippen LogP contribution in [0.4, 0.5) is 29.5 Å². The quantitative estimate of drug-likeness (QED) is 0.195. The highest BCUT2D eigenvalue weighted by molar-refractivity contribution is 5.67. The van der Waals surface area contributed by atoms with Crippen molar-refractivity contribution in [3.8, 4) is 25.7 Å². The van der Waals surface area contributed by atoms with Crippen LogP contribution in [-0.4, -0.2) is 97.9 Å². The van der Waals surface area contributed by atoms with Crippen LogP contribution in [0.2, 0.25) is 0 Å². The molecule has 224 valence electrons. The lowest BCUT2D eigenvalue weighted by atomic mass is 10.3. The van der Waals surface area contributed by atoms with Crippen LogP contribution in [0, 0.1) is 25.7 Å². The van der Waals surface area contributed by atoms with Gasteiger partial charge in [0, 0.05) is 62.9 Å². The number of anilines is 5. The summed E-state index contributed by atoms with van der Waals surface area (Å²) < 4.78 is 0. The van der Waals surface area contributed by atoms with Crippen molar-refractivity contribution in [2.75, 3.05) is 61.2 Å². The number of likely N-dealkylation sites (N-methyl/N-ethyl adjacent to an activating group) is 1. The molecule has 3 aliphatic rings. The van der Waals surface area contributed by atoms with Crippen LogP contribution in [0.3, 0.4) is 0 Å². The largest absolute Gasteiger partial charge is 0.400 e. The van der Waals surface area contributed by atoms with Gasteiger partial charge in [0.25, 0.3) is 0 Å². The summed E-state index contributed by atoms with van der Waals surface area (Å²) in [6.45, 7) is 4.12. The number of nitrogens with one attached hydrogen (secondary N) is 4. The molecule has 42 heavy (non-hydrogen) atoms. The third kappa shape index (κ3) is 10.6. The van der Waals surface area contributed by atoms with Gasteiger partial charge in [0.15, 0.2) is 11.6 Å². The van der Waals surface area contributed by atoms with Crippen molar-refractivity contribution >= 4 is 35.9 Å². The summed E-state index contributed by atoms with van der Waals surface area (Å²) in [5, 5.41) is 23.6. The fourth-order valence-corrected chi connectivity index (χ4v) is 4.33. The Labute approximate surface area is 247 Å². The highest BCUT2D eigenvalue weighted by Crippen LogP contribution is 2.39. The Kier molecular flexibility index (Phi) is 14.7. The highest BCUT2D eigenvalue weighted by Gasteiger charge is 2.26. The van der Waals surface area contributed by atoms with E-state index in [4.69, 9.17) is 10.1 Å². The van der Waals surface area contributed by atoms with Gasteiger partial charge < -0.3 is 30.9 Å². The van der Waals surface area contributed by atoms with Gasteiger partial charge >= 0.3 is 0 Å². The summed E-state index contributed by atoms with van der Waals surface area (Å²) in [4.78, 5) is 35.8. The molecule has 3 fully saturated rings. The van der Waals surface area contributed by atoms with Crippen LogP contribution in [-0.2, 0) is 4.79 Å². The Balaban J connectivity index is 0.000000346. The van der Waals surface area contributed by atoms with Gasteiger partial charge in [-0.05, 0) is 45.7 Å². The molecule has 0 spiro atoms. The number of hydrogen-bond acceptors (Lipinski definition) is 12. The van der Waals surface area contributed by atoms with Crippen LogP contribution in [0.1, 0.15) is 43.7 Å². The summed E-state index contributed by atoms with van der Waals surface area (Å²) in [7, 11) is 3.15. The minimum absolute atomic E-state index is 0.378. The molecule has 1 atom stereocenters. The zero-order valence-electron chi connectivity index (χ0n) is 24.1. The molecular weight excluding hydrogens is 536 g/mol. The van der Waals surface area contributed by atoms with E-state index in [9.17, 15) is 4.79 Å². The Bertz CT molecular complexity index is 1220. The van der Waals surface area contributed by atoms with Gasteiger partial charge in [-0.1, -0.05) is 0 Å². The van der Waals surface area contributed by atoms with Crippen LogP contribution < -0.4 is 20.9 Å². The second-order valence-electron chi connectivity index (χ2n) is 9.33. The van der Waals surface area contributed by atoms with Crippen LogP contribution in [0.5, 0.6) is 0 Å². The molecule has 0 bridgehead atoms. The second kappa shape index (κ2) is 18.5. The second-order valence-corrected chi connectivity index (χ2v) is 9.33. The van der Waals surface area contributed by atoms with Crippen molar-refractivity contribution < 1.29 is 9.90 Å². The maximum Gasteiger partial charge on any atom is 0.235 e. The molecule has 1 saturated carbocycles. The normalized spacial score (nSPS) is 16.9. The number of aromatic amines is 1.